The summed E-state index contributed by atoms with van der Waals surface area (Å²) in [4.78, 5) is 72.3. The number of carbonyl (C=O) groups excluding carboxylic acids is 4. The van der Waals surface area contributed by atoms with Gasteiger partial charge < -0.3 is 48.6 Å². The highest BCUT2D eigenvalue weighted by atomic mass is 16.4. The number of imidazole rings is 1. The second-order valence-electron chi connectivity index (χ2n) is 8.57. The molecular formula is C21H34N10O6. The normalized spacial score (nSPS) is 17.1. The molecule has 4 amide bonds. The molecule has 1 saturated heterocycles. The Hall–Kier alpha value is -4.21. The van der Waals surface area contributed by atoms with Crippen LogP contribution >= 0.6 is 0 Å². The molecule has 12 N–H and O–H groups in total. The average Bonchev–Trinajstić information content (AvgIpc) is 3.53. The number of nitrogens with zero attached hydrogens (tertiary/aromatic N) is 2. The molecular weight excluding hydrogens is 488 g/mol. The van der Waals surface area contributed by atoms with E-state index in [-0.39, 0.29) is 31.8 Å². The van der Waals surface area contributed by atoms with Crippen molar-refractivity contribution < 1.29 is 29.1 Å². The highest BCUT2D eigenvalue weighted by Crippen LogP contribution is 2.07. The number of carboxylic acid groups (broad SMARTS) is 1. The van der Waals surface area contributed by atoms with Gasteiger partial charge in [0.25, 0.3) is 0 Å². The number of amides is 4. The topological polar surface area (TPSA) is 273 Å². The SMILES string of the molecule is NC(=O)CC(NC(=O)C1CCCN1)C(=O)NC(Cc1cnc[nH]1)C(=O)NC(CCCN=C(N)N)C(=O)O. The van der Waals surface area contributed by atoms with Crippen molar-refractivity contribution in [2.24, 2.45) is 22.2 Å². The van der Waals surface area contributed by atoms with E-state index in [1.807, 2.05) is 0 Å². The molecule has 0 saturated carbocycles. The van der Waals surface area contributed by atoms with Gasteiger partial charge in [-0.15, -0.1) is 0 Å². The van der Waals surface area contributed by atoms with Crippen LogP contribution in [0.4, 0.5) is 0 Å². The first kappa shape index (κ1) is 29.0. The lowest BCUT2D eigenvalue weighted by atomic mass is 10.1. The number of hydrogen-bond acceptors (Lipinski definition) is 8. The van der Waals surface area contributed by atoms with Crippen LogP contribution < -0.4 is 38.5 Å². The third-order valence-electron chi connectivity index (χ3n) is 5.59. The molecule has 16 nitrogen and oxygen atoms in total. The van der Waals surface area contributed by atoms with E-state index in [2.05, 4.69) is 36.2 Å². The van der Waals surface area contributed by atoms with Crippen molar-refractivity contribution in [3.05, 3.63) is 18.2 Å². The van der Waals surface area contributed by atoms with Crippen LogP contribution in [0.3, 0.4) is 0 Å². The van der Waals surface area contributed by atoms with Gasteiger partial charge in [-0.1, -0.05) is 0 Å². The highest BCUT2D eigenvalue weighted by Gasteiger charge is 2.32. The van der Waals surface area contributed by atoms with Crippen molar-refractivity contribution >= 4 is 35.6 Å². The summed E-state index contributed by atoms with van der Waals surface area (Å²) in [5.74, 6) is -4.35. The number of aromatic amines is 1. The number of aromatic nitrogens is 2. The minimum Gasteiger partial charge on any atom is -0.480 e. The number of nitrogens with two attached hydrogens (primary N) is 3. The lowest BCUT2D eigenvalue weighted by Gasteiger charge is -2.24. The van der Waals surface area contributed by atoms with E-state index < -0.39 is 60.2 Å². The Bertz CT molecular complexity index is 972. The number of guanidine groups is 1. The Morgan fingerprint density at radius 2 is 1.78 bits per heavy atom. The molecule has 204 valence electrons. The summed E-state index contributed by atoms with van der Waals surface area (Å²) in [5, 5.41) is 19.9. The summed E-state index contributed by atoms with van der Waals surface area (Å²) in [6.07, 6.45) is 3.90. The smallest absolute Gasteiger partial charge is 0.326 e. The Labute approximate surface area is 212 Å². The van der Waals surface area contributed by atoms with Crippen LogP contribution in [0.1, 0.15) is 37.8 Å². The minimum absolute atomic E-state index is 0.0251. The number of aliphatic imine (C=N–C) groups is 1. The van der Waals surface area contributed by atoms with E-state index in [0.29, 0.717) is 18.7 Å². The maximum absolute atomic E-state index is 13.1. The molecule has 0 aromatic carbocycles. The molecule has 1 aromatic rings. The molecule has 1 aliphatic rings. The number of primary amides is 1. The maximum Gasteiger partial charge on any atom is 0.326 e. The zero-order valence-corrected chi connectivity index (χ0v) is 20.2. The Kier molecular flexibility index (Phi) is 11.3. The van der Waals surface area contributed by atoms with Gasteiger partial charge in [-0.05, 0) is 32.2 Å². The molecule has 0 aliphatic carbocycles. The Morgan fingerprint density at radius 3 is 2.35 bits per heavy atom. The molecule has 1 aromatic heterocycles. The van der Waals surface area contributed by atoms with Crippen molar-refractivity contribution in [3.63, 3.8) is 0 Å². The third-order valence-corrected chi connectivity index (χ3v) is 5.59. The number of aliphatic carboxylic acids is 1. The van der Waals surface area contributed by atoms with Crippen LogP contribution in [-0.2, 0) is 30.4 Å². The van der Waals surface area contributed by atoms with Gasteiger partial charge in [-0.25, -0.2) is 9.78 Å². The quantitative estimate of drug-likeness (QED) is 0.0614. The predicted molar refractivity (Wildman–Crippen MR) is 130 cm³/mol. The van der Waals surface area contributed by atoms with E-state index >= 15 is 0 Å². The summed E-state index contributed by atoms with van der Waals surface area (Å²) in [5.41, 5.74) is 16.3. The lowest BCUT2D eigenvalue weighted by Crippen LogP contribution is -2.58. The minimum atomic E-state index is -1.33. The Morgan fingerprint density at radius 1 is 1.08 bits per heavy atom. The number of H-pyrrole nitrogens is 1. The van der Waals surface area contributed by atoms with Gasteiger partial charge in [0.1, 0.15) is 18.1 Å². The fourth-order valence-corrected chi connectivity index (χ4v) is 3.72. The molecule has 37 heavy (non-hydrogen) atoms. The van der Waals surface area contributed by atoms with E-state index in [1.54, 1.807) is 0 Å². The van der Waals surface area contributed by atoms with Crippen LogP contribution in [0.25, 0.3) is 0 Å². The first-order valence-corrected chi connectivity index (χ1v) is 11.7. The van der Waals surface area contributed by atoms with Crippen LogP contribution in [0.5, 0.6) is 0 Å². The van der Waals surface area contributed by atoms with Gasteiger partial charge in [-0.3, -0.25) is 24.2 Å². The molecule has 4 atom stereocenters. The van der Waals surface area contributed by atoms with Crippen LogP contribution in [0.15, 0.2) is 17.5 Å². The van der Waals surface area contributed by atoms with Crippen molar-refractivity contribution in [1.82, 2.24) is 31.2 Å². The second kappa shape index (κ2) is 14.4. The predicted octanol–water partition coefficient (Wildman–Crippen LogP) is -3.83. The van der Waals surface area contributed by atoms with Crippen LogP contribution in [-0.4, -0.2) is 87.9 Å². The standard InChI is InChI=1S/C21H34N10O6/c22-16(32)8-15(31-17(33)12-3-1-5-26-12)19(35)30-14(7-11-9-25-10-28-11)18(34)29-13(20(36)37)4-2-6-27-21(23)24/h9-10,12-15,26H,1-8H2,(H2,22,32)(H,25,28)(H,29,34)(H,30,35)(H,31,33)(H,36,37)(H4,23,24,27). The monoisotopic (exact) mass is 522 g/mol. The lowest BCUT2D eigenvalue weighted by molar-refractivity contribution is -0.142. The molecule has 4 unspecified atom stereocenters. The van der Waals surface area contributed by atoms with Gasteiger partial charge in [0.15, 0.2) is 5.96 Å². The summed E-state index contributed by atoms with van der Waals surface area (Å²) in [7, 11) is 0. The fraction of sp³-hybridized carbons (Fsp3) is 0.571. The molecule has 0 radical (unpaired) electrons. The van der Waals surface area contributed by atoms with E-state index in [9.17, 15) is 29.1 Å². The fourth-order valence-electron chi connectivity index (χ4n) is 3.72. The molecule has 1 aliphatic heterocycles. The van der Waals surface area contributed by atoms with Gasteiger partial charge in [0, 0.05) is 24.9 Å². The number of carbonyl (C=O) groups is 5. The molecule has 16 heteroatoms. The molecule has 0 bridgehead atoms. The van der Waals surface area contributed by atoms with Gasteiger partial charge in [0.2, 0.25) is 23.6 Å². The average molecular weight is 523 g/mol. The van der Waals surface area contributed by atoms with Crippen LogP contribution in [0.2, 0.25) is 0 Å². The molecule has 1 fully saturated rings. The van der Waals surface area contributed by atoms with Gasteiger partial charge >= 0.3 is 5.97 Å². The number of nitrogens with one attached hydrogen (secondary N) is 5. The van der Waals surface area contributed by atoms with Crippen molar-refractivity contribution in [3.8, 4) is 0 Å². The summed E-state index contributed by atoms with van der Waals surface area (Å²) in [6.45, 7) is 0.814. The van der Waals surface area contributed by atoms with Crippen molar-refractivity contribution in [1.29, 1.82) is 0 Å². The van der Waals surface area contributed by atoms with E-state index in [1.165, 1.54) is 12.5 Å². The molecule has 2 heterocycles. The summed E-state index contributed by atoms with van der Waals surface area (Å²) in [6, 6.07) is -4.39. The summed E-state index contributed by atoms with van der Waals surface area (Å²) < 4.78 is 0. The first-order valence-electron chi connectivity index (χ1n) is 11.7. The Balaban J connectivity index is 2.13. The summed E-state index contributed by atoms with van der Waals surface area (Å²) >= 11 is 0. The third kappa shape index (κ3) is 10.1. The molecule has 2 rings (SSSR count). The zero-order valence-electron chi connectivity index (χ0n) is 20.2. The first-order chi connectivity index (χ1) is 17.6. The second-order valence-corrected chi connectivity index (χ2v) is 8.57. The maximum atomic E-state index is 13.1. The highest BCUT2D eigenvalue weighted by molar-refractivity contribution is 5.96. The van der Waals surface area contributed by atoms with Gasteiger partial charge in [0.05, 0.1) is 18.8 Å². The van der Waals surface area contributed by atoms with Gasteiger partial charge in [-0.2, -0.15) is 0 Å². The number of carboxylic acids is 1. The number of rotatable bonds is 15. The number of hydrogen-bond donors (Lipinski definition) is 9. The van der Waals surface area contributed by atoms with Crippen molar-refractivity contribution in [2.45, 2.75) is 62.7 Å². The van der Waals surface area contributed by atoms with E-state index in [0.717, 1.165) is 6.42 Å². The van der Waals surface area contributed by atoms with E-state index in [4.69, 9.17) is 17.2 Å². The molecule has 0 spiro atoms. The zero-order chi connectivity index (χ0) is 27.4. The van der Waals surface area contributed by atoms with Crippen molar-refractivity contribution in [2.75, 3.05) is 13.1 Å². The van der Waals surface area contributed by atoms with Crippen LogP contribution in [0, 0.1) is 0 Å². The largest absolute Gasteiger partial charge is 0.480 e.